The van der Waals surface area contributed by atoms with E-state index in [9.17, 15) is 18.0 Å². The van der Waals surface area contributed by atoms with E-state index in [4.69, 9.17) is 0 Å². The van der Waals surface area contributed by atoms with E-state index >= 15 is 0 Å². The highest BCUT2D eigenvalue weighted by Crippen LogP contribution is 2.29. The molecule has 164 valence electrons. The summed E-state index contributed by atoms with van der Waals surface area (Å²) in [5.41, 5.74) is 1.83. The van der Waals surface area contributed by atoms with Gasteiger partial charge in [0, 0.05) is 31.4 Å². The van der Waals surface area contributed by atoms with Crippen LogP contribution in [0.4, 0.5) is 13.2 Å². The van der Waals surface area contributed by atoms with Crippen molar-refractivity contribution in [2.75, 3.05) is 0 Å². The number of hydrogen-bond donors (Lipinski definition) is 0. The average Bonchev–Trinajstić information content (AvgIpc) is 3.14. The van der Waals surface area contributed by atoms with Gasteiger partial charge in [-0.2, -0.15) is 13.2 Å². The number of aromatic nitrogens is 1. The van der Waals surface area contributed by atoms with Crippen LogP contribution >= 0.6 is 0 Å². The molecule has 3 rings (SSSR count). The second-order valence-corrected chi connectivity index (χ2v) is 8.16. The molecular formula is C25H27F3N2O. The van der Waals surface area contributed by atoms with Crippen molar-refractivity contribution in [1.82, 2.24) is 9.47 Å². The minimum absolute atomic E-state index is 0.0608. The van der Waals surface area contributed by atoms with Crippen molar-refractivity contribution in [2.45, 2.75) is 46.1 Å². The van der Waals surface area contributed by atoms with Gasteiger partial charge in [0.2, 0.25) is 5.91 Å². The molecule has 31 heavy (non-hydrogen) atoms. The Bertz CT molecular complexity index is 993. The first kappa shape index (κ1) is 22.7. The lowest BCUT2D eigenvalue weighted by molar-refractivity contribution is -0.137. The lowest BCUT2D eigenvalue weighted by atomic mass is 10.1. The van der Waals surface area contributed by atoms with Crippen molar-refractivity contribution in [1.29, 1.82) is 0 Å². The van der Waals surface area contributed by atoms with Crippen LogP contribution in [-0.4, -0.2) is 15.4 Å². The molecule has 0 saturated heterocycles. The first-order valence-corrected chi connectivity index (χ1v) is 10.3. The molecule has 0 radical (unpaired) electrons. The van der Waals surface area contributed by atoms with Gasteiger partial charge in [0.1, 0.15) is 0 Å². The molecule has 0 aliphatic carbocycles. The van der Waals surface area contributed by atoms with Crippen molar-refractivity contribution < 1.29 is 18.0 Å². The Morgan fingerprint density at radius 1 is 0.935 bits per heavy atom. The Morgan fingerprint density at radius 3 is 2.32 bits per heavy atom. The quantitative estimate of drug-likeness (QED) is 0.424. The van der Waals surface area contributed by atoms with Gasteiger partial charge < -0.3 is 9.47 Å². The first-order valence-electron chi connectivity index (χ1n) is 10.3. The Labute approximate surface area is 181 Å². The molecule has 1 aromatic heterocycles. The van der Waals surface area contributed by atoms with Gasteiger partial charge in [0.15, 0.2) is 0 Å². The summed E-state index contributed by atoms with van der Waals surface area (Å²) in [6, 6.07) is 18.9. The van der Waals surface area contributed by atoms with Gasteiger partial charge >= 0.3 is 6.18 Å². The van der Waals surface area contributed by atoms with Gasteiger partial charge in [-0.25, -0.2) is 0 Å². The van der Waals surface area contributed by atoms with Crippen molar-refractivity contribution in [3.05, 3.63) is 95.3 Å². The lowest BCUT2D eigenvalue weighted by Gasteiger charge is -2.25. The number of alkyl halides is 3. The van der Waals surface area contributed by atoms with E-state index in [0.717, 1.165) is 17.3 Å². The maximum absolute atomic E-state index is 13.0. The number of carbonyl (C=O) groups excluding carboxylic acids is 1. The van der Waals surface area contributed by atoms with E-state index in [1.165, 1.54) is 12.1 Å². The molecule has 0 unspecified atom stereocenters. The molecule has 3 nitrogen and oxygen atoms in total. The highest BCUT2D eigenvalue weighted by Gasteiger charge is 2.30. The smallest absolute Gasteiger partial charge is 0.345 e. The summed E-state index contributed by atoms with van der Waals surface area (Å²) in [7, 11) is 0. The van der Waals surface area contributed by atoms with E-state index in [1.807, 2.05) is 72.0 Å². The van der Waals surface area contributed by atoms with Crippen LogP contribution in [0.25, 0.3) is 0 Å². The summed E-state index contributed by atoms with van der Waals surface area (Å²) in [6.45, 7) is 5.21. The fourth-order valence-corrected chi connectivity index (χ4v) is 3.50. The van der Waals surface area contributed by atoms with Crippen molar-refractivity contribution in [3.63, 3.8) is 0 Å². The molecule has 0 aliphatic rings. The van der Waals surface area contributed by atoms with Crippen LogP contribution in [0.5, 0.6) is 0 Å². The zero-order valence-corrected chi connectivity index (χ0v) is 17.8. The number of carbonyl (C=O) groups is 1. The molecular weight excluding hydrogens is 401 g/mol. The van der Waals surface area contributed by atoms with Gasteiger partial charge in [0.25, 0.3) is 0 Å². The summed E-state index contributed by atoms with van der Waals surface area (Å²) in [6.07, 6.45) is -2.09. The van der Waals surface area contributed by atoms with Crippen LogP contribution in [-0.2, 0) is 30.6 Å². The third-order valence-electron chi connectivity index (χ3n) is 5.04. The topological polar surface area (TPSA) is 25.2 Å². The van der Waals surface area contributed by atoms with Crippen LogP contribution in [0.3, 0.4) is 0 Å². The number of halogens is 3. The fourth-order valence-electron chi connectivity index (χ4n) is 3.50. The molecule has 3 aromatic rings. The minimum Gasteiger partial charge on any atom is -0.345 e. The molecule has 0 bridgehead atoms. The van der Waals surface area contributed by atoms with Crippen molar-refractivity contribution >= 4 is 5.91 Å². The van der Waals surface area contributed by atoms with E-state index in [-0.39, 0.29) is 11.8 Å². The number of amides is 1. The predicted octanol–water partition coefficient (Wildman–Crippen LogP) is 6.13. The van der Waals surface area contributed by atoms with Crippen LogP contribution in [0, 0.1) is 5.92 Å². The molecule has 2 aromatic carbocycles. The maximum Gasteiger partial charge on any atom is 0.416 e. The van der Waals surface area contributed by atoms with Crippen LogP contribution in [0.1, 0.15) is 42.7 Å². The third kappa shape index (κ3) is 6.48. The lowest BCUT2D eigenvalue weighted by Crippen LogP contribution is -2.31. The second-order valence-electron chi connectivity index (χ2n) is 8.16. The van der Waals surface area contributed by atoms with Gasteiger partial charge in [-0.1, -0.05) is 56.3 Å². The molecule has 0 saturated carbocycles. The second kappa shape index (κ2) is 9.86. The van der Waals surface area contributed by atoms with E-state index in [0.29, 0.717) is 31.6 Å². The standard InChI is InChI=1S/C25H27F3N2O/c1-19(2)14-24(31)30(16-20-8-4-3-5-9-20)18-23-12-7-13-29(23)17-21-10-6-11-22(15-21)25(26,27)28/h3-13,15,19H,14,16-18H2,1-2H3. The highest BCUT2D eigenvalue weighted by molar-refractivity contribution is 5.76. The number of nitrogens with zero attached hydrogens (tertiary/aromatic N) is 2. The molecule has 0 fully saturated rings. The summed E-state index contributed by atoms with van der Waals surface area (Å²) >= 11 is 0. The largest absolute Gasteiger partial charge is 0.416 e. The Kier molecular flexibility index (Phi) is 7.21. The van der Waals surface area contributed by atoms with Gasteiger partial charge in [0.05, 0.1) is 12.1 Å². The predicted molar refractivity (Wildman–Crippen MR) is 115 cm³/mol. The number of hydrogen-bond acceptors (Lipinski definition) is 1. The van der Waals surface area contributed by atoms with Crippen LogP contribution in [0.15, 0.2) is 72.9 Å². The molecule has 1 heterocycles. The summed E-state index contributed by atoms with van der Waals surface area (Å²) < 4.78 is 41.0. The van der Waals surface area contributed by atoms with Crippen LogP contribution in [0.2, 0.25) is 0 Å². The van der Waals surface area contributed by atoms with E-state index in [1.54, 1.807) is 6.07 Å². The minimum atomic E-state index is -4.37. The fraction of sp³-hybridized carbons (Fsp3) is 0.320. The molecule has 0 spiro atoms. The van der Waals surface area contributed by atoms with Crippen molar-refractivity contribution in [3.8, 4) is 0 Å². The Morgan fingerprint density at radius 2 is 1.65 bits per heavy atom. The van der Waals surface area contributed by atoms with Crippen LogP contribution < -0.4 is 0 Å². The SMILES string of the molecule is CC(C)CC(=O)N(Cc1ccccc1)Cc1cccn1Cc1cccc(C(F)(F)F)c1. The Balaban J connectivity index is 1.80. The van der Waals surface area contributed by atoms with E-state index in [2.05, 4.69) is 0 Å². The highest BCUT2D eigenvalue weighted by atomic mass is 19.4. The monoisotopic (exact) mass is 428 g/mol. The average molecular weight is 428 g/mol. The Hall–Kier alpha value is -3.02. The molecule has 0 N–H and O–H groups in total. The summed E-state index contributed by atoms with van der Waals surface area (Å²) in [4.78, 5) is 14.7. The molecule has 6 heteroatoms. The summed E-state index contributed by atoms with van der Waals surface area (Å²) in [5, 5.41) is 0. The number of rotatable bonds is 8. The van der Waals surface area contributed by atoms with Crippen molar-refractivity contribution in [2.24, 2.45) is 5.92 Å². The zero-order valence-electron chi connectivity index (χ0n) is 17.8. The normalized spacial score (nSPS) is 11.7. The summed E-state index contributed by atoms with van der Waals surface area (Å²) in [5.74, 6) is 0.299. The maximum atomic E-state index is 13.0. The molecule has 0 atom stereocenters. The third-order valence-corrected chi connectivity index (χ3v) is 5.04. The van der Waals surface area contributed by atoms with Gasteiger partial charge in [-0.3, -0.25) is 4.79 Å². The van der Waals surface area contributed by atoms with Gasteiger partial charge in [-0.15, -0.1) is 0 Å². The first-order chi connectivity index (χ1) is 14.7. The van der Waals surface area contributed by atoms with E-state index < -0.39 is 11.7 Å². The zero-order chi connectivity index (χ0) is 22.4. The number of benzene rings is 2. The molecule has 0 aliphatic heterocycles. The van der Waals surface area contributed by atoms with Gasteiger partial charge in [-0.05, 0) is 41.3 Å². The molecule has 1 amide bonds.